The van der Waals surface area contributed by atoms with E-state index in [9.17, 15) is 4.79 Å². The Morgan fingerprint density at radius 1 is 1.10 bits per heavy atom. The Balaban J connectivity index is 2.15. The second-order valence-electron chi connectivity index (χ2n) is 4.68. The predicted molar refractivity (Wildman–Crippen MR) is 79.7 cm³/mol. The van der Waals surface area contributed by atoms with Crippen LogP contribution in [0.1, 0.15) is 28.4 Å². The van der Waals surface area contributed by atoms with E-state index < -0.39 is 0 Å². The van der Waals surface area contributed by atoms with Gasteiger partial charge in [0.2, 0.25) is 0 Å². The quantitative estimate of drug-likeness (QED) is 0.829. The van der Waals surface area contributed by atoms with Gasteiger partial charge in [0, 0.05) is 6.07 Å². The van der Waals surface area contributed by atoms with Crippen molar-refractivity contribution in [3.05, 3.63) is 59.2 Å². The van der Waals surface area contributed by atoms with Gasteiger partial charge in [-0.05, 0) is 30.2 Å². The molecule has 0 radical (unpaired) electrons. The number of aliphatic hydroxyl groups excluding tert-OH is 1. The third-order valence-electron chi connectivity index (χ3n) is 3.17. The van der Waals surface area contributed by atoms with Gasteiger partial charge in [-0.25, -0.2) is 0 Å². The zero-order valence-corrected chi connectivity index (χ0v) is 12.1. The minimum absolute atomic E-state index is 0.0194. The van der Waals surface area contributed by atoms with Crippen LogP contribution in [0.3, 0.4) is 0 Å². The molecule has 0 amide bonds. The van der Waals surface area contributed by atoms with Crippen molar-refractivity contribution in [3.8, 4) is 11.5 Å². The molecule has 110 valence electrons. The lowest BCUT2D eigenvalue weighted by Gasteiger charge is -2.11. The summed E-state index contributed by atoms with van der Waals surface area (Å²) in [5, 5.41) is 9.01. The molecule has 0 aliphatic carbocycles. The van der Waals surface area contributed by atoms with Crippen LogP contribution in [0.25, 0.3) is 0 Å². The molecule has 2 aromatic rings. The topological polar surface area (TPSA) is 55.8 Å². The Hall–Kier alpha value is -2.33. The van der Waals surface area contributed by atoms with Gasteiger partial charge in [-0.3, -0.25) is 4.79 Å². The Kier molecular flexibility index (Phi) is 4.95. The second kappa shape index (κ2) is 6.90. The van der Waals surface area contributed by atoms with Crippen LogP contribution in [0, 0.1) is 0 Å². The van der Waals surface area contributed by atoms with Crippen LogP contribution in [0.15, 0.2) is 42.5 Å². The van der Waals surface area contributed by atoms with Gasteiger partial charge in [0.05, 0.1) is 19.3 Å². The fourth-order valence-electron chi connectivity index (χ4n) is 1.94. The van der Waals surface area contributed by atoms with Crippen molar-refractivity contribution in [2.24, 2.45) is 0 Å². The van der Waals surface area contributed by atoms with Crippen LogP contribution < -0.4 is 9.47 Å². The van der Waals surface area contributed by atoms with E-state index in [4.69, 9.17) is 14.6 Å². The summed E-state index contributed by atoms with van der Waals surface area (Å²) in [6.45, 7) is 1.87. The standard InChI is InChI=1S/C17H18O4/c1-12(19)16-8-7-15(20-2)9-17(16)21-11-14-5-3-13(10-18)4-6-14/h3-9,18H,10-11H2,1-2H3. The smallest absolute Gasteiger partial charge is 0.163 e. The number of benzene rings is 2. The normalized spacial score (nSPS) is 10.2. The van der Waals surface area contributed by atoms with Crippen LogP contribution >= 0.6 is 0 Å². The first-order valence-corrected chi connectivity index (χ1v) is 6.64. The van der Waals surface area contributed by atoms with Crippen molar-refractivity contribution in [2.45, 2.75) is 20.1 Å². The average Bonchev–Trinajstić information content (AvgIpc) is 2.52. The average molecular weight is 286 g/mol. The van der Waals surface area contributed by atoms with Crippen molar-refractivity contribution in [2.75, 3.05) is 7.11 Å². The van der Waals surface area contributed by atoms with E-state index in [1.165, 1.54) is 6.92 Å². The predicted octanol–water partition coefficient (Wildman–Crippen LogP) is 2.97. The molecule has 0 saturated carbocycles. The molecule has 0 bridgehead atoms. The largest absolute Gasteiger partial charge is 0.497 e. The molecule has 0 atom stereocenters. The number of ketones is 1. The lowest BCUT2D eigenvalue weighted by Crippen LogP contribution is -2.02. The molecule has 0 heterocycles. The second-order valence-corrected chi connectivity index (χ2v) is 4.68. The fourth-order valence-corrected chi connectivity index (χ4v) is 1.94. The summed E-state index contributed by atoms with van der Waals surface area (Å²) in [4.78, 5) is 11.6. The van der Waals surface area contributed by atoms with E-state index in [0.29, 0.717) is 23.7 Å². The Bertz CT molecular complexity index is 617. The van der Waals surface area contributed by atoms with Crippen molar-refractivity contribution < 1.29 is 19.4 Å². The van der Waals surface area contributed by atoms with Gasteiger partial charge in [-0.2, -0.15) is 0 Å². The van der Waals surface area contributed by atoms with Crippen molar-refractivity contribution >= 4 is 5.78 Å². The minimum atomic E-state index is -0.0525. The highest BCUT2D eigenvalue weighted by Gasteiger charge is 2.10. The molecule has 0 aliphatic rings. The van der Waals surface area contributed by atoms with E-state index in [2.05, 4.69) is 0 Å². The van der Waals surface area contributed by atoms with Gasteiger partial charge < -0.3 is 14.6 Å². The molecule has 0 aliphatic heterocycles. The molecule has 0 aromatic heterocycles. The van der Waals surface area contributed by atoms with Gasteiger partial charge in [-0.15, -0.1) is 0 Å². The zero-order chi connectivity index (χ0) is 15.2. The van der Waals surface area contributed by atoms with E-state index >= 15 is 0 Å². The van der Waals surface area contributed by atoms with E-state index in [-0.39, 0.29) is 12.4 Å². The first-order valence-electron chi connectivity index (χ1n) is 6.64. The number of aliphatic hydroxyl groups is 1. The molecule has 1 N–H and O–H groups in total. The number of carbonyl (C=O) groups excluding carboxylic acids is 1. The number of ether oxygens (including phenoxy) is 2. The van der Waals surface area contributed by atoms with E-state index in [1.807, 2.05) is 24.3 Å². The van der Waals surface area contributed by atoms with Gasteiger partial charge in [-0.1, -0.05) is 24.3 Å². The summed E-state index contributed by atoms with van der Waals surface area (Å²) in [6.07, 6.45) is 0. The molecule has 0 spiro atoms. The number of carbonyl (C=O) groups is 1. The summed E-state index contributed by atoms with van der Waals surface area (Å²) in [5.41, 5.74) is 2.34. The minimum Gasteiger partial charge on any atom is -0.497 e. The van der Waals surface area contributed by atoms with Crippen LogP contribution in [0.5, 0.6) is 11.5 Å². The SMILES string of the molecule is COc1ccc(C(C)=O)c(OCc2ccc(CO)cc2)c1. The highest BCUT2D eigenvalue weighted by molar-refractivity contribution is 5.97. The highest BCUT2D eigenvalue weighted by Crippen LogP contribution is 2.26. The summed E-state index contributed by atoms with van der Waals surface area (Å²) in [7, 11) is 1.57. The number of methoxy groups -OCH3 is 1. The van der Waals surface area contributed by atoms with E-state index in [1.54, 1.807) is 25.3 Å². The number of Topliss-reactive ketones (excluding diaryl/α,β-unsaturated/α-hetero) is 1. The van der Waals surface area contributed by atoms with Crippen LogP contribution in [0.2, 0.25) is 0 Å². The first kappa shape index (κ1) is 15.1. The van der Waals surface area contributed by atoms with Crippen LogP contribution in [-0.2, 0) is 13.2 Å². The number of hydrogen-bond acceptors (Lipinski definition) is 4. The van der Waals surface area contributed by atoms with Crippen molar-refractivity contribution in [1.29, 1.82) is 0 Å². The summed E-state index contributed by atoms with van der Waals surface area (Å²) < 4.78 is 10.9. The molecule has 0 fully saturated rings. The molecule has 0 saturated heterocycles. The first-order chi connectivity index (χ1) is 10.1. The maximum Gasteiger partial charge on any atom is 0.163 e. The molecule has 21 heavy (non-hydrogen) atoms. The lowest BCUT2D eigenvalue weighted by atomic mass is 10.1. The molecule has 4 nitrogen and oxygen atoms in total. The molecular formula is C17H18O4. The summed E-state index contributed by atoms with van der Waals surface area (Å²) in [5.74, 6) is 1.10. The van der Waals surface area contributed by atoms with Gasteiger partial charge in [0.25, 0.3) is 0 Å². The molecule has 4 heteroatoms. The molecule has 0 unspecified atom stereocenters. The Morgan fingerprint density at radius 3 is 2.33 bits per heavy atom. The molecule has 2 aromatic carbocycles. The maximum absolute atomic E-state index is 11.6. The molecule has 2 rings (SSSR count). The third kappa shape index (κ3) is 3.83. The van der Waals surface area contributed by atoms with Crippen LogP contribution in [0.4, 0.5) is 0 Å². The monoisotopic (exact) mass is 286 g/mol. The number of hydrogen-bond donors (Lipinski definition) is 1. The fraction of sp³-hybridized carbons (Fsp3) is 0.235. The lowest BCUT2D eigenvalue weighted by molar-refractivity contribution is 0.101. The number of rotatable bonds is 6. The van der Waals surface area contributed by atoms with Gasteiger partial charge >= 0.3 is 0 Å². The Morgan fingerprint density at radius 2 is 1.76 bits per heavy atom. The summed E-state index contributed by atoms with van der Waals surface area (Å²) in [6, 6.07) is 12.6. The van der Waals surface area contributed by atoms with Crippen LogP contribution in [-0.4, -0.2) is 18.0 Å². The zero-order valence-electron chi connectivity index (χ0n) is 12.1. The maximum atomic E-state index is 11.6. The molecular weight excluding hydrogens is 268 g/mol. The summed E-state index contributed by atoms with van der Waals surface area (Å²) >= 11 is 0. The van der Waals surface area contributed by atoms with Gasteiger partial charge in [0.15, 0.2) is 5.78 Å². The van der Waals surface area contributed by atoms with Crippen molar-refractivity contribution in [3.63, 3.8) is 0 Å². The van der Waals surface area contributed by atoms with Gasteiger partial charge in [0.1, 0.15) is 18.1 Å². The highest BCUT2D eigenvalue weighted by atomic mass is 16.5. The Labute approximate surface area is 123 Å². The third-order valence-corrected chi connectivity index (χ3v) is 3.17. The van der Waals surface area contributed by atoms with E-state index in [0.717, 1.165) is 11.1 Å². The van der Waals surface area contributed by atoms with Crippen molar-refractivity contribution in [1.82, 2.24) is 0 Å².